The Morgan fingerprint density at radius 3 is 2.46 bits per heavy atom. The van der Waals surface area contributed by atoms with Gasteiger partial charge in [0.15, 0.2) is 0 Å². The average Bonchev–Trinajstić information content (AvgIpc) is 2.70. The number of nitrogens with zero attached hydrogens (tertiary/aromatic N) is 4. The Labute approximate surface area is 164 Å². The molecule has 1 aliphatic heterocycles. The van der Waals surface area contributed by atoms with Gasteiger partial charge in [0.2, 0.25) is 0 Å². The highest BCUT2D eigenvalue weighted by molar-refractivity contribution is 5.93. The van der Waals surface area contributed by atoms with Gasteiger partial charge in [-0.1, -0.05) is 17.7 Å². The molecule has 0 atom stereocenters. The van der Waals surface area contributed by atoms with Crippen molar-refractivity contribution in [3.05, 3.63) is 47.4 Å². The number of anilines is 2. The molecule has 1 fully saturated rings. The van der Waals surface area contributed by atoms with Crippen molar-refractivity contribution in [1.29, 1.82) is 0 Å². The zero-order valence-corrected chi connectivity index (χ0v) is 16.4. The van der Waals surface area contributed by atoms with Gasteiger partial charge in [-0.25, -0.2) is 14.8 Å². The lowest BCUT2D eigenvalue weighted by molar-refractivity contribution is 0.0566. The summed E-state index contributed by atoms with van der Waals surface area (Å²) in [5.41, 5.74) is 3.54. The molecule has 0 spiro atoms. The van der Waals surface area contributed by atoms with E-state index in [1.165, 1.54) is 11.9 Å². The standard InChI is InChI=1S/C20H25N5O3/c1-4-28-20(27)25-9-7-24(8-10-25)19(26)17-12-18(22-13-21-17)23-16-6-5-14(2)11-15(16)3/h5-6,11-13H,4,7-10H2,1-3H3,(H,21,22,23). The van der Waals surface area contributed by atoms with Crippen LogP contribution in [0.3, 0.4) is 0 Å². The number of amides is 2. The summed E-state index contributed by atoms with van der Waals surface area (Å²) in [5.74, 6) is 0.394. The quantitative estimate of drug-likeness (QED) is 0.873. The number of aryl methyl sites for hydroxylation is 2. The first-order valence-electron chi connectivity index (χ1n) is 9.35. The summed E-state index contributed by atoms with van der Waals surface area (Å²) in [6.07, 6.45) is 1.05. The van der Waals surface area contributed by atoms with Gasteiger partial charge in [0, 0.05) is 37.9 Å². The molecule has 2 aromatic rings. The fourth-order valence-electron chi connectivity index (χ4n) is 3.10. The van der Waals surface area contributed by atoms with Crippen LogP contribution in [0.2, 0.25) is 0 Å². The van der Waals surface area contributed by atoms with Crippen molar-refractivity contribution in [1.82, 2.24) is 19.8 Å². The second kappa shape index (κ2) is 8.69. The van der Waals surface area contributed by atoms with Gasteiger partial charge in [0.05, 0.1) is 6.61 Å². The maximum atomic E-state index is 12.8. The van der Waals surface area contributed by atoms with E-state index in [0.717, 1.165) is 11.3 Å². The molecule has 148 valence electrons. The second-order valence-electron chi connectivity index (χ2n) is 6.71. The topological polar surface area (TPSA) is 87.7 Å². The highest BCUT2D eigenvalue weighted by Crippen LogP contribution is 2.20. The summed E-state index contributed by atoms with van der Waals surface area (Å²) < 4.78 is 5.01. The van der Waals surface area contributed by atoms with E-state index in [4.69, 9.17) is 4.74 Å². The Morgan fingerprint density at radius 1 is 1.07 bits per heavy atom. The SMILES string of the molecule is CCOC(=O)N1CCN(C(=O)c2cc(Nc3ccc(C)cc3C)ncn2)CC1. The third kappa shape index (κ3) is 4.57. The molecule has 0 saturated carbocycles. The molecule has 0 radical (unpaired) electrons. The zero-order chi connectivity index (χ0) is 20.1. The number of piperazine rings is 1. The van der Waals surface area contributed by atoms with Gasteiger partial charge in [0.1, 0.15) is 17.8 Å². The average molecular weight is 383 g/mol. The molecule has 1 aromatic heterocycles. The smallest absolute Gasteiger partial charge is 0.409 e. The fourth-order valence-corrected chi connectivity index (χ4v) is 3.10. The van der Waals surface area contributed by atoms with Crippen molar-refractivity contribution in [3.63, 3.8) is 0 Å². The molecule has 8 heteroatoms. The predicted octanol–water partition coefficient (Wildman–Crippen LogP) is 2.75. The van der Waals surface area contributed by atoms with E-state index >= 15 is 0 Å². The first-order valence-corrected chi connectivity index (χ1v) is 9.35. The molecule has 1 saturated heterocycles. The summed E-state index contributed by atoms with van der Waals surface area (Å²) in [5, 5.41) is 3.24. The summed E-state index contributed by atoms with van der Waals surface area (Å²) >= 11 is 0. The largest absolute Gasteiger partial charge is 0.450 e. The van der Waals surface area contributed by atoms with Crippen LogP contribution in [-0.4, -0.2) is 64.6 Å². The Balaban J connectivity index is 1.65. The van der Waals surface area contributed by atoms with Crippen LogP contribution in [-0.2, 0) is 4.74 Å². The van der Waals surface area contributed by atoms with E-state index in [9.17, 15) is 9.59 Å². The molecule has 0 bridgehead atoms. The summed E-state index contributed by atoms with van der Waals surface area (Å²) in [7, 11) is 0. The van der Waals surface area contributed by atoms with E-state index in [0.29, 0.717) is 44.3 Å². The highest BCUT2D eigenvalue weighted by atomic mass is 16.6. The second-order valence-corrected chi connectivity index (χ2v) is 6.71. The molecule has 3 rings (SSSR count). The highest BCUT2D eigenvalue weighted by Gasteiger charge is 2.26. The van der Waals surface area contributed by atoms with Crippen LogP contribution < -0.4 is 5.32 Å². The van der Waals surface area contributed by atoms with E-state index in [-0.39, 0.29) is 12.0 Å². The first kappa shape index (κ1) is 19.6. The monoisotopic (exact) mass is 383 g/mol. The molecular weight excluding hydrogens is 358 g/mol. The van der Waals surface area contributed by atoms with Crippen molar-refractivity contribution in [3.8, 4) is 0 Å². The third-order valence-corrected chi connectivity index (χ3v) is 4.62. The lowest BCUT2D eigenvalue weighted by Gasteiger charge is -2.33. The van der Waals surface area contributed by atoms with Crippen LogP contribution in [0.5, 0.6) is 0 Å². The van der Waals surface area contributed by atoms with E-state index in [1.54, 1.807) is 22.8 Å². The van der Waals surface area contributed by atoms with Crippen molar-refractivity contribution in [2.75, 3.05) is 38.1 Å². The Morgan fingerprint density at radius 2 is 1.79 bits per heavy atom. The summed E-state index contributed by atoms with van der Waals surface area (Å²) in [6.45, 7) is 7.97. The van der Waals surface area contributed by atoms with Gasteiger partial charge in [-0.15, -0.1) is 0 Å². The van der Waals surface area contributed by atoms with Crippen LogP contribution in [0.4, 0.5) is 16.3 Å². The van der Waals surface area contributed by atoms with Gasteiger partial charge in [-0.2, -0.15) is 0 Å². The maximum absolute atomic E-state index is 12.8. The van der Waals surface area contributed by atoms with E-state index in [1.807, 2.05) is 26.0 Å². The van der Waals surface area contributed by atoms with Gasteiger partial charge in [-0.3, -0.25) is 4.79 Å². The number of benzene rings is 1. The first-order chi connectivity index (χ1) is 13.5. The van der Waals surface area contributed by atoms with E-state index < -0.39 is 0 Å². The lowest BCUT2D eigenvalue weighted by Crippen LogP contribution is -2.50. The minimum atomic E-state index is -0.336. The van der Waals surface area contributed by atoms with Gasteiger partial charge >= 0.3 is 6.09 Å². The van der Waals surface area contributed by atoms with Gasteiger partial charge in [0.25, 0.3) is 5.91 Å². The number of aromatic nitrogens is 2. The number of hydrogen-bond donors (Lipinski definition) is 1. The van der Waals surface area contributed by atoms with Crippen molar-refractivity contribution < 1.29 is 14.3 Å². The molecule has 8 nitrogen and oxygen atoms in total. The van der Waals surface area contributed by atoms with Crippen LogP contribution in [0.25, 0.3) is 0 Å². The normalized spacial score (nSPS) is 14.0. The molecule has 28 heavy (non-hydrogen) atoms. The molecule has 2 heterocycles. The number of rotatable bonds is 4. The fraction of sp³-hybridized carbons (Fsp3) is 0.400. The number of ether oxygens (including phenoxy) is 1. The Bertz CT molecular complexity index is 863. The lowest BCUT2D eigenvalue weighted by atomic mass is 10.1. The molecule has 1 aromatic carbocycles. The summed E-state index contributed by atoms with van der Waals surface area (Å²) in [6, 6.07) is 7.74. The minimum absolute atomic E-state index is 0.172. The molecule has 1 N–H and O–H groups in total. The van der Waals surface area contributed by atoms with E-state index in [2.05, 4.69) is 21.4 Å². The Hall–Kier alpha value is -3.16. The van der Waals surface area contributed by atoms with Crippen LogP contribution in [0.1, 0.15) is 28.5 Å². The minimum Gasteiger partial charge on any atom is -0.450 e. The van der Waals surface area contributed by atoms with Crippen LogP contribution in [0.15, 0.2) is 30.6 Å². The molecule has 0 unspecified atom stereocenters. The molecular formula is C20H25N5O3. The van der Waals surface area contributed by atoms with Crippen molar-refractivity contribution in [2.24, 2.45) is 0 Å². The van der Waals surface area contributed by atoms with Crippen molar-refractivity contribution >= 4 is 23.5 Å². The summed E-state index contributed by atoms with van der Waals surface area (Å²) in [4.78, 5) is 36.2. The number of carbonyl (C=O) groups excluding carboxylic acids is 2. The van der Waals surface area contributed by atoms with Gasteiger partial charge < -0.3 is 19.9 Å². The number of nitrogens with one attached hydrogen (secondary N) is 1. The number of carbonyl (C=O) groups is 2. The van der Waals surface area contributed by atoms with Crippen molar-refractivity contribution in [2.45, 2.75) is 20.8 Å². The number of hydrogen-bond acceptors (Lipinski definition) is 6. The Kier molecular flexibility index (Phi) is 6.08. The van der Waals surface area contributed by atoms with Crippen LogP contribution >= 0.6 is 0 Å². The molecule has 1 aliphatic rings. The maximum Gasteiger partial charge on any atom is 0.409 e. The zero-order valence-electron chi connectivity index (χ0n) is 16.4. The molecule has 0 aliphatic carbocycles. The van der Waals surface area contributed by atoms with Gasteiger partial charge in [-0.05, 0) is 32.4 Å². The third-order valence-electron chi connectivity index (χ3n) is 4.62. The predicted molar refractivity (Wildman–Crippen MR) is 106 cm³/mol. The molecule has 2 amide bonds. The van der Waals surface area contributed by atoms with Crippen LogP contribution in [0, 0.1) is 13.8 Å².